The normalized spacial score (nSPS) is 9.86. The molecular formula is C6H6FN3O3S. The molecule has 0 aliphatic heterocycles. The fourth-order valence-corrected chi connectivity index (χ4v) is 1.40. The van der Waals surface area contributed by atoms with Crippen molar-refractivity contribution in [1.29, 1.82) is 0 Å². The highest BCUT2D eigenvalue weighted by molar-refractivity contribution is 7.18. The van der Waals surface area contributed by atoms with Crippen molar-refractivity contribution in [2.24, 2.45) is 0 Å². The van der Waals surface area contributed by atoms with Crippen LogP contribution in [0, 0.1) is 10.1 Å². The van der Waals surface area contributed by atoms with Crippen LogP contribution in [0.3, 0.4) is 0 Å². The summed E-state index contributed by atoms with van der Waals surface area (Å²) < 4.78 is 11.9. The summed E-state index contributed by atoms with van der Waals surface area (Å²) in [5.41, 5.74) is 0. The van der Waals surface area contributed by atoms with Crippen molar-refractivity contribution in [2.75, 3.05) is 18.6 Å². The van der Waals surface area contributed by atoms with E-state index in [0.717, 1.165) is 22.4 Å². The largest absolute Gasteiger partial charge is 0.345 e. The van der Waals surface area contributed by atoms with Gasteiger partial charge in [-0.1, -0.05) is 0 Å². The van der Waals surface area contributed by atoms with Crippen LogP contribution in [0.2, 0.25) is 0 Å². The second-order valence-electron chi connectivity index (χ2n) is 2.32. The molecule has 76 valence electrons. The molecule has 1 rings (SSSR count). The number of carbonyl (C=O) groups is 1. The van der Waals surface area contributed by atoms with E-state index in [-0.39, 0.29) is 10.1 Å². The molecule has 0 unspecified atom stereocenters. The fourth-order valence-electron chi connectivity index (χ4n) is 0.692. The maximum atomic E-state index is 11.9. The standard InChI is InChI=1S/C6H6FN3O3S/c1-9(4(11)2-7)6-8-3-5(14-6)10(12)13/h3H,2H2,1H3. The molecule has 1 aromatic rings. The highest BCUT2D eigenvalue weighted by Crippen LogP contribution is 2.27. The lowest BCUT2D eigenvalue weighted by Crippen LogP contribution is -2.27. The Kier molecular flexibility index (Phi) is 3.07. The Morgan fingerprint density at radius 2 is 2.50 bits per heavy atom. The number of nitrogens with zero attached hydrogens (tertiary/aromatic N) is 3. The summed E-state index contributed by atoms with van der Waals surface area (Å²) in [4.78, 5) is 25.1. The molecule has 0 aliphatic rings. The Hall–Kier alpha value is -1.57. The van der Waals surface area contributed by atoms with Gasteiger partial charge in [0.25, 0.3) is 5.91 Å². The molecule has 0 N–H and O–H groups in total. The SMILES string of the molecule is CN(C(=O)CF)c1ncc([N+](=O)[O-])s1. The molecule has 1 heterocycles. The molecule has 0 radical (unpaired) electrons. The number of rotatable bonds is 3. The molecule has 1 aromatic heterocycles. The van der Waals surface area contributed by atoms with E-state index >= 15 is 0 Å². The van der Waals surface area contributed by atoms with Crippen molar-refractivity contribution in [3.63, 3.8) is 0 Å². The van der Waals surface area contributed by atoms with Crippen LogP contribution >= 0.6 is 11.3 Å². The summed E-state index contributed by atoms with van der Waals surface area (Å²) in [5, 5.41) is 10.2. The lowest BCUT2D eigenvalue weighted by atomic mass is 10.6. The topological polar surface area (TPSA) is 76.3 Å². The number of thiazole rings is 1. The molecule has 0 aliphatic carbocycles. The smallest absolute Gasteiger partial charge is 0.289 e. The highest BCUT2D eigenvalue weighted by Gasteiger charge is 2.18. The molecule has 6 nitrogen and oxygen atoms in total. The Labute approximate surface area is 82.1 Å². The number of hydrogen-bond acceptors (Lipinski definition) is 5. The van der Waals surface area contributed by atoms with Gasteiger partial charge in [0.2, 0.25) is 0 Å². The zero-order chi connectivity index (χ0) is 10.7. The molecule has 8 heteroatoms. The molecule has 0 fully saturated rings. The minimum absolute atomic E-state index is 0.111. The number of anilines is 1. The molecule has 14 heavy (non-hydrogen) atoms. The Bertz CT molecular complexity index is 367. The first-order valence-electron chi connectivity index (χ1n) is 3.49. The van der Waals surface area contributed by atoms with E-state index in [1.54, 1.807) is 0 Å². The minimum atomic E-state index is -1.15. The van der Waals surface area contributed by atoms with E-state index in [0.29, 0.717) is 0 Å². The number of halogens is 1. The van der Waals surface area contributed by atoms with Crippen LogP contribution in [0.15, 0.2) is 6.20 Å². The van der Waals surface area contributed by atoms with E-state index in [9.17, 15) is 19.3 Å². The molecule has 0 bridgehead atoms. The third kappa shape index (κ3) is 2.02. The van der Waals surface area contributed by atoms with Gasteiger partial charge >= 0.3 is 5.00 Å². The lowest BCUT2D eigenvalue weighted by Gasteiger charge is -2.09. The second kappa shape index (κ2) is 4.09. The van der Waals surface area contributed by atoms with Crippen molar-refractivity contribution in [2.45, 2.75) is 0 Å². The van der Waals surface area contributed by atoms with Gasteiger partial charge in [0.05, 0.1) is 4.92 Å². The van der Waals surface area contributed by atoms with Gasteiger partial charge < -0.3 is 0 Å². The monoisotopic (exact) mass is 219 g/mol. The molecule has 0 spiro atoms. The first kappa shape index (κ1) is 10.5. The maximum Gasteiger partial charge on any atom is 0.345 e. The van der Waals surface area contributed by atoms with Gasteiger partial charge in [0.15, 0.2) is 11.8 Å². The zero-order valence-corrected chi connectivity index (χ0v) is 7.95. The van der Waals surface area contributed by atoms with E-state index in [1.165, 1.54) is 7.05 Å². The highest BCUT2D eigenvalue weighted by atomic mass is 32.1. The Morgan fingerprint density at radius 1 is 1.86 bits per heavy atom. The summed E-state index contributed by atoms with van der Waals surface area (Å²) in [5.74, 6) is -0.783. The Morgan fingerprint density at radius 3 is 2.93 bits per heavy atom. The van der Waals surface area contributed by atoms with E-state index in [2.05, 4.69) is 4.98 Å². The lowest BCUT2D eigenvalue weighted by molar-refractivity contribution is -0.380. The number of carbonyl (C=O) groups excluding carboxylic acids is 1. The summed E-state index contributed by atoms with van der Waals surface area (Å²) in [7, 11) is 1.31. The first-order chi connectivity index (χ1) is 6.56. The van der Waals surface area contributed by atoms with Crippen LogP contribution in [-0.4, -0.2) is 29.5 Å². The number of aromatic nitrogens is 1. The predicted molar refractivity (Wildman–Crippen MR) is 48.2 cm³/mol. The molecule has 0 atom stereocenters. The summed E-state index contributed by atoms with van der Waals surface area (Å²) in [6.07, 6.45) is 1.03. The van der Waals surface area contributed by atoms with E-state index in [4.69, 9.17) is 0 Å². The molecular weight excluding hydrogens is 213 g/mol. The van der Waals surface area contributed by atoms with Gasteiger partial charge in [-0.05, 0) is 11.3 Å². The molecule has 0 aromatic carbocycles. The third-order valence-corrected chi connectivity index (χ3v) is 2.46. The van der Waals surface area contributed by atoms with E-state index in [1.807, 2.05) is 0 Å². The third-order valence-electron chi connectivity index (χ3n) is 1.44. The van der Waals surface area contributed by atoms with Gasteiger partial charge in [-0.25, -0.2) is 9.37 Å². The van der Waals surface area contributed by atoms with Gasteiger partial charge in [0, 0.05) is 7.05 Å². The summed E-state index contributed by atoms with van der Waals surface area (Å²) in [6.45, 7) is -1.15. The van der Waals surface area contributed by atoms with Crippen molar-refractivity contribution >= 4 is 27.4 Å². The quantitative estimate of drug-likeness (QED) is 0.561. The van der Waals surface area contributed by atoms with Crippen LogP contribution in [0.4, 0.5) is 14.5 Å². The number of amides is 1. The maximum absolute atomic E-state index is 11.9. The van der Waals surface area contributed by atoms with Gasteiger partial charge in [-0.15, -0.1) is 0 Å². The fraction of sp³-hybridized carbons (Fsp3) is 0.333. The molecule has 0 saturated carbocycles. The van der Waals surface area contributed by atoms with Crippen molar-refractivity contribution in [1.82, 2.24) is 4.98 Å². The average Bonchev–Trinajstić information content (AvgIpc) is 2.64. The molecule has 0 saturated heterocycles. The van der Waals surface area contributed by atoms with Crippen LogP contribution in [0.5, 0.6) is 0 Å². The second-order valence-corrected chi connectivity index (χ2v) is 3.31. The zero-order valence-electron chi connectivity index (χ0n) is 7.14. The Balaban J connectivity index is 2.86. The number of nitro groups is 1. The van der Waals surface area contributed by atoms with Crippen LogP contribution in [0.25, 0.3) is 0 Å². The molecule has 1 amide bonds. The average molecular weight is 219 g/mol. The first-order valence-corrected chi connectivity index (χ1v) is 4.30. The van der Waals surface area contributed by atoms with Crippen molar-refractivity contribution in [3.05, 3.63) is 16.3 Å². The summed E-state index contributed by atoms with van der Waals surface area (Å²) >= 11 is 0.721. The van der Waals surface area contributed by atoms with Crippen molar-refractivity contribution < 1.29 is 14.1 Å². The van der Waals surface area contributed by atoms with E-state index < -0.39 is 17.5 Å². The van der Waals surface area contributed by atoms with Crippen LogP contribution in [-0.2, 0) is 4.79 Å². The van der Waals surface area contributed by atoms with Gasteiger partial charge in [0.1, 0.15) is 6.20 Å². The van der Waals surface area contributed by atoms with Crippen molar-refractivity contribution in [3.8, 4) is 0 Å². The number of alkyl halides is 1. The van der Waals surface area contributed by atoms with Crippen LogP contribution in [0.1, 0.15) is 0 Å². The predicted octanol–water partition coefficient (Wildman–Crippen LogP) is 0.984. The van der Waals surface area contributed by atoms with Crippen LogP contribution < -0.4 is 4.90 Å². The van der Waals surface area contributed by atoms with Gasteiger partial charge in [-0.3, -0.25) is 19.8 Å². The minimum Gasteiger partial charge on any atom is -0.289 e. The summed E-state index contributed by atoms with van der Waals surface area (Å²) in [6, 6.07) is 0. The van der Waals surface area contributed by atoms with Gasteiger partial charge in [-0.2, -0.15) is 0 Å². The number of hydrogen-bond donors (Lipinski definition) is 0.